The van der Waals surface area contributed by atoms with Gasteiger partial charge < -0.3 is 9.64 Å². The van der Waals surface area contributed by atoms with Crippen LogP contribution in [-0.4, -0.2) is 70.4 Å². The molecule has 1 amide bonds. The minimum Gasteiger partial charge on any atom is -0.379 e. The summed E-state index contributed by atoms with van der Waals surface area (Å²) in [5.74, 6) is 0.263. The number of amides is 1. The Balaban J connectivity index is 1.65. The first kappa shape index (κ1) is 15.5. The van der Waals surface area contributed by atoms with Crippen LogP contribution >= 0.6 is 0 Å². The molecule has 0 N–H and O–H groups in total. The predicted octanol–water partition coefficient (Wildman–Crippen LogP) is 0.985. The van der Waals surface area contributed by atoms with Gasteiger partial charge in [-0.15, -0.1) is 0 Å². The molecule has 6 nitrogen and oxygen atoms in total. The van der Waals surface area contributed by atoms with E-state index in [1.807, 2.05) is 23.9 Å². The SMILES string of the molecule is C[C@@H](C(=O)N1CCCC[C@H]1Cn1cccn1)N1CCOCC1. The van der Waals surface area contributed by atoms with Gasteiger partial charge in [-0.25, -0.2) is 0 Å². The fourth-order valence-corrected chi connectivity index (χ4v) is 3.47. The van der Waals surface area contributed by atoms with Crippen LogP contribution in [0.1, 0.15) is 26.2 Å². The van der Waals surface area contributed by atoms with Crippen LogP contribution in [0.25, 0.3) is 0 Å². The third kappa shape index (κ3) is 3.50. The summed E-state index contributed by atoms with van der Waals surface area (Å²) >= 11 is 0. The summed E-state index contributed by atoms with van der Waals surface area (Å²) in [6.07, 6.45) is 7.15. The maximum Gasteiger partial charge on any atom is 0.239 e. The zero-order valence-electron chi connectivity index (χ0n) is 13.4. The number of carbonyl (C=O) groups excluding carboxylic acids is 1. The van der Waals surface area contributed by atoms with E-state index in [9.17, 15) is 4.79 Å². The van der Waals surface area contributed by atoms with E-state index < -0.39 is 0 Å². The normalized spacial score (nSPS) is 25.1. The molecule has 6 heteroatoms. The van der Waals surface area contributed by atoms with Crippen molar-refractivity contribution in [1.29, 1.82) is 0 Å². The molecule has 0 unspecified atom stereocenters. The largest absolute Gasteiger partial charge is 0.379 e. The highest BCUT2D eigenvalue weighted by atomic mass is 16.5. The van der Waals surface area contributed by atoms with Crippen LogP contribution in [0.4, 0.5) is 0 Å². The lowest BCUT2D eigenvalue weighted by Crippen LogP contribution is -2.55. The number of aromatic nitrogens is 2. The molecule has 22 heavy (non-hydrogen) atoms. The summed E-state index contributed by atoms with van der Waals surface area (Å²) < 4.78 is 7.33. The Kier molecular flexibility index (Phi) is 5.10. The van der Waals surface area contributed by atoms with Gasteiger partial charge in [0.2, 0.25) is 5.91 Å². The molecule has 0 spiro atoms. The van der Waals surface area contributed by atoms with Gasteiger partial charge in [0.1, 0.15) is 0 Å². The minimum absolute atomic E-state index is 0.0536. The zero-order valence-corrected chi connectivity index (χ0v) is 13.4. The van der Waals surface area contributed by atoms with Crippen molar-refractivity contribution in [2.24, 2.45) is 0 Å². The number of hydrogen-bond acceptors (Lipinski definition) is 4. The topological polar surface area (TPSA) is 50.6 Å². The maximum atomic E-state index is 13.0. The molecule has 3 heterocycles. The molecule has 0 bridgehead atoms. The highest BCUT2D eigenvalue weighted by Crippen LogP contribution is 2.21. The van der Waals surface area contributed by atoms with Crippen LogP contribution in [0, 0.1) is 0 Å². The molecule has 1 aromatic rings. The summed E-state index contributed by atoms with van der Waals surface area (Å²) in [6, 6.07) is 2.15. The summed E-state index contributed by atoms with van der Waals surface area (Å²) in [4.78, 5) is 17.3. The number of likely N-dealkylation sites (tertiary alicyclic amines) is 1. The van der Waals surface area contributed by atoms with Crippen molar-refractivity contribution in [2.45, 2.75) is 44.8 Å². The van der Waals surface area contributed by atoms with Gasteiger partial charge in [-0.05, 0) is 32.3 Å². The molecule has 2 aliphatic heterocycles. The van der Waals surface area contributed by atoms with Gasteiger partial charge in [-0.3, -0.25) is 14.4 Å². The van der Waals surface area contributed by atoms with E-state index >= 15 is 0 Å². The molecule has 0 aliphatic carbocycles. The Labute approximate surface area is 132 Å². The number of nitrogens with zero attached hydrogens (tertiary/aromatic N) is 4. The monoisotopic (exact) mass is 306 g/mol. The van der Waals surface area contributed by atoms with E-state index in [2.05, 4.69) is 14.9 Å². The Morgan fingerprint density at radius 3 is 2.86 bits per heavy atom. The van der Waals surface area contributed by atoms with Crippen molar-refractivity contribution >= 4 is 5.91 Å². The Morgan fingerprint density at radius 1 is 1.32 bits per heavy atom. The van der Waals surface area contributed by atoms with E-state index in [1.165, 1.54) is 6.42 Å². The first-order valence-electron chi connectivity index (χ1n) is 8.35. The van der Waals surface area contributed by atoms with Crippen molar-refractivity contribution in [2.75, 3.05) is 32.8 Å². The second-order valence-electron chi connectivity index (χ2n) is 6.23. The highest BCUT2D eigenvalue weighted by Gasteiger charge is 2.32. The molecule has 3 rings (SSSR count). The van der Waals surface area contributed by atoms with Crippen LogP contribution in [-0.2, 0) is 16.1 Å². The summed E-state index contributed by atoms with van der Waals surface area (Å²) in [7, 11) is 0. The number of piperidine rings is 1. The van der Waals surface area contributed by atoms with Crippen molar-refractivity contribution in [3.63, 3.8) is 0 Å². The van der Waals surface area contributed by atoms with E-state index in [0.29, 0.717) is 0 Å². The molecule has 122 valence electrons. The summed E-state index contributed by atoms with van der Waals surface area (Å²) in [5, 5.41) is 4.29. The van der Waals surface area contributed by atoms with Crippen LogP contribution in [0.2, 0.25) is 0 Å². The Morgan fingerprint density at radius 2 is 2.14 bits per heavy atom. The number of carbonyl (C=O) groups is 1. The van der Waals surface area contributed by atoms with Crippen LogP contribution in [0.15, 0.2) is 18.5 Å². The van der Waals surface area contributed by atoms with E-state index in [-0.39, 0.29) is 18.0 Å². The second kappa shape index (κ2) is 7.24. The molecular weight excluding hydrogens is 280 g/mol. The van der Waals surface area contributed by atoms with Gasteiger partial charge >= 0.3 is 0 Å². The molecule has 2 atom stereocenters. The third-order valence-corrected chi connectivity index (χ3v) is 4.82. The first-order valence-corrected chi connectivity index (χ1v) is 8.35. The maximum absolute atomic E-state index is 13.0. The smallest absolute Gasteiger partial charge is 0.239 e. The van der Waals surface area contributed by atoms with Crippen LogP contribution < -0.4 is 0 Å². The highest BCUT2D eigenvalue weighted by molar-refractivity contribution is 5.82. The number of morpholine rings is 1. The fourth-order valence-electron chi connectivity index (χ4n) is 3.47. The fraction of sp³-hybridized carbons (Fsp3) is 0.750. The average Bonchev–Trinajstić information content (AvgIpc) is 3.08. The number of rotatable bonds is 4. The Hall–Kier alpha value is -1.40. The third-order valence-electron chi connectivity index (χ3n) is 4.82. The summed E-state index contributed by atoms with van der Waals surface area (Å²) in [6.45, 7) is 6.87. The summed E-state index contributed by atoms with van der Waals surface area (Å²) in [5.41, 5.74) is 0. The van der Waals surface area contributed by atoms with Gasteiger partial charge in [-0.2, -0.15) is 5.10 Å². The predicted molar refractivity (Wildman–Crippen MR) is 83.4 cm³/mol. The van der Waals surface area contributed by atoms with E-state index in [1.54, 1.807) is 6.20 Å². The van der Waals surface area contributed by atoms with Crippen molar-refractivity contribution in [3.05, 3.63) is 18.5 Å². The van der Waals surface area contributed by atoms with E-state index in [0.717, 1.165) is 52.2 Å². The van der Waals surface area contributed by atoms with E-state index in [4.69, 9.17) is 4.74 Å². The number of hydrogen-bond donors (Lipinski definition) is 0. The zero-order chi connectivity index (χ0) is 15.4. The second-order valence-corrected chi connectivity index (χ2v) is 6.23. The van der Waals surface area contributed by atoms with Gasteiger partial charge in [-0.1, -0.05) is 0 Å². The Bertz CT molecular complexity index is 471. The van der Waals surface area contributed by atoms with Gasteiger partial charge in [0.15, 0.2) is 0 Å². The molecule has 2 saturated heterocycles. The van der Waals surface area contributed by atoms with Crippen LogP contribution in [0.5, 0.6) is 0 Å². The standard InChI is InChI=1S/C16H26N4O2/c1-14(18-9-11-22-12-10-18)16(21)20-8-3-2-5-15(20)13-19-7-4-6-17-19/h4,6-7,14-15H,2-3,5,8-13H2,1H3/t14-,15-/m0/s1. The average molecular weight is 306 g/mol. The molecule has 1 aromatic heterocycles. The van der Waals surface area contributed by atoms with Crippen molar-refractivity contribution < 1.29 is 9.53 Å². The lowest BCUT2D eigenvalue weighted by atomic mass is 10.0. The van der Waals surface area contributed by atoms with Gasteiger partial charge in [0.25, 0.3) is 0 Å². The van der Waals surface area contributed by atoms with Crippen molar-refractivity contribution in [3.8, 4) is 0 Å². The molecule has 2 aliphatic rings. The minimum atomic E-state index is -0.0536. The quantitative estimate of drug-likeness (QED) is 0.832. The van der Waals surface area contributed by atoms with Gasteiger partial charge in [0.05, 0.1) is 31.8 Å². The lowest BCUT2D eigenvalue weighted by molar-refractivity contribution is -0.142. The van der Waals surface area contributed by atoms with Crippen LogP contribution in [0.3, 0.4) is 0 Å². The lowest BCUT2D eigenvalue weighted by Gasteiger charge is -2.40. The molecular formula is C16H26N4O2. The van der Waals surface area contributed by atoms with Gasteiger partial charge in [0, 0.05) is 32.0 Å². The first-order chi connectivity index (χ1) is 10.8. The number of ether oxygens (including phenoxy) is 1. The molecule has 0 radical (unpaired) electrons. The molecule has 2 fully saturated rings. The van der Waals surface area contributed by atoms with Crippen molar-refractivity contribution in [1.82, 2.24) is 19.6 Å². The molecule has 0 saturated carbocycles. The molecule has 0 aromatic carbocycles.